The Kier molecular flexibility index (Phi) is 8.36. The predicted molar refractivity (Wildman–Crippen MR) is 237 cm³/mol. The molecule has 3 fully saturated rings. The van der Waals surface area contributed by atoms with Crippen molar-refractivity contribution in [1.29, 1.82) is 0 Å². The quantitative estimate of drug-likeness (QED) is 0.107. The summed E-state index contributed by atoms with van der Waals surface area (Å²) in [7, 11) is 0. The third kappa shape index (κ3) is 7.63. The van der Waals surface area contributed by atoms with Gasteiger partial charge in [-0.1, -0.05) is 146 Å². The summed E-state index contributed by atoms with van der Waals surface area (Å²) in [6.07, 6.45) is 14.4. The first-order valence-electron chi connectivity index (χ1n) is 25.9. The molecule has 2 heterocycles. The van der Waals surface area contributed by atoms with E-state index in [1.807, 2.05) is 85.1 Å². The van der Waals surface area contributed by atoms with Gasteiger partial charge < -0.3 is 14.0 Å². The maximum atomic E-state index is 9.02. The molecule has 0 amide bonds. The summed E-state index contributed by atoms with van der Waals surface area (Å²) in [4.78, 5) is 4.99. The molecule has 3 aliphatic carbocycles. The second-order valence-corrected chi connectivity index (χ2v) is 16.0. The minimum absolute atomic E-state index is 0. The van der Waals surface area contributed by atoms with E-state index in [9.17, 15) is 0 Å². The maximum Gasteiger partial charge on any atom is 0.268 e. The number of hydrogen-bond donors (Lipinski definition) is 0. The van der Waals surface area contributed by atoms with Gasteiger partial charge in [-0.3, -0.25) is 16.0 Å². The molecule has 306 valence electrons. The number of fused-ring (bicyclic) bond motifs is 4. The minimum Gasteiger partial charge on any atom is -0.548 e. The molecule has 0 aliphatic heterocycles. The van der Waals surface area contributed by atoms with Crippen LogP contribution in [0.25, 0.3) is 44.7 Å². The molecule has 6 heteroatoms. The van der Waals surface area contributed by atoms with Gasteiger partial charge in [0.25, 0.3) is 6.33 Å². The van der Waals surface area contributed by atoms with Gasteiger partial charge in [0.1, 0.15) is 11.5 Å². The summed E-state index contributed by atoms with van der Waals surface area (Å²) in [5.74, 6) is 4.32. The first kappa shape index (κ1) is 29.5. The van der Waals surface area contributed by atoms with E-state index in [-0.39, 0.29) is 66.9 Å². The average Bonchev–Trinajstić information content (AvgIpc) is 3.93. The fraction of sp³-hybridized carbons (Fsp3) is 0.218. The molecule has 0 saturated heterocycles. The number of ether oxygens (including phenoxy) is 2. The van der Waals surface area contributed by atoms with Gasteiger partial charge in [0.05, 0.1) is 30.4 Å². The number of benzene rings is 6. The van der Waals surface area contributed by atoms with E-state index >= 15 is 0 Å². The van der Waals surface area contributed by atoms with Crippen LogP contribution in [-0.2, 0) is 21.1 Å². The van der Waals surface area contributed by atoms with Gasteiger partial charge >= 0.3 is 0 Å². The zero-order valence-electron chi connectivity index (χ0n) is 43.2. The summed E-state index contributed by atoms with van der Waals surface area (Å²) in [6.45, 7) is 0. The van der Waals surface area contributed by atoms with E-state index in [1.54, 1.807) is 27.3 Å². The maximum absolute atomic E-state index is 9.02. The molecule has 3 aliphatic rings. The van der Waals surface area contributed by atoms with Crippen LogP contribution in [-0.4, -0.2) is 15.7 Å². The number of aromatic nitrogens is 3. The van der Waals surface area contributed by atoms with Crippen molar-refractivity contribution in [3.63, 3.8) is 0 Å². The summed E-state index contributed by atoms with van der Waals surface area (Å²) < 4.78 is 104. The van der Waals surface area contributed by atoms with Gasteiger partial charge in [0.15, 0.2) is 0 Å². The van der Waals surface area contributed by atoms with Crippen LogP contribution in [0.1, 0.15) is 63.8 Å². The first-order chi connectivity index (χ1) is 33.9. The van der Waals surface area contributed by atoms with E-state index in [1.165, 1.54) is 25.7 Å². The Bertz CT molecular complexity index is 3210. The van der Waals surface area contributed by atoms with Crippen molar-refractivity contribution in [1.82, 2.24) is 9.55 Å². The SMILES string of the molecule is [2H]c1c([2H])c([2H])c(-c2cccc(-c3c([2H])c([2H])c([2H])c([2H])c3[2H])c2-[n+]2[c-]n(-c3[c-]c(OC4[CH-]C5C(CC4)C4CCCCC4C5c4cc(Oc5ccccc5)ccn4)ccc3)c3ccccc32)c([2H])c1[2H].[Pt]. The second-order valence-electron chi connectivity index (χ2n) is 16.0. The van der Waals surface area contributed by atoms with Gasteiger partial charge in [-0.25, -0.2) is 0 Å². The molecule has 6 atom stereocenters. The molecular weight excluding hydrogens is 930 g/mol. The number of pyridine rings is 1. The van der Waals surface area contributed by atoms with Crippen molar-refractivity contribution in [2.45, 2.75) is 50.5 Å². The van der Waals surface area contributed by atoms with E-state index in [2.05, 4.69) is 24.9 Å². The Morgan fingerprint density at radius 3 is 2.16 bits per heavy atom. The Labute approximate surface area is 387 Å². The molecule has 5 nitrogen and oxygen atoms in total. The molecule has 3 saturated carbocycles. The molecule has 0 spiro atoms. The van der Waals surface area contributed by atoms with E-state index < -0.39 is 60.4 Å². The van der Waals surface area contributed by atoms with Crippen LogP contribution in [0.2, 0.25) is 0 Å². The Morgan fingerprint density at radius 1 is 0.689 bits per heavy atom. The monoisotopic (exact) mass is 986 g/mol. The van der Waals surface area contributed by atoms with Crippen molar-refractivity contribution in [3.8, 4) is 50.9 Å². The van der Waals surface area contributed by atoms with Gasteiger partial charge in [0, 0.05) is 44.8 Å². The molecule has 6 aromatic carbocycles. The van der Waals surface area contributed by atoms with Crippen LogP contribution >= 0.6 is 0 Å². The van der Waals surface area contributed by atoms with Crippen LogP contribution in [0.15, 0.2) is 170 Å². The van der Waals surface area contributed by atoms with Crippen LogP contribution in [0, 0.1) is 42.5 Å². The van der Waals surface area contributed by atoms with Crippen molar-refractivity contribution in [2.75, 3.05) is 0 Å². The number of imidazole rings is 1. The molecule has 0 bridgehead atoms. The fourth-order valence-corrected chi connectivity index (χ4v) is 10.3. The predicted octanol–water partition coefficient (Wildman–Crippen LogP) is 12.6. The molecule has 11 rings (SSSR count). The van der Waals surface area contributed by atoms with Crippen molar-refractivity contribution in [2.24, 2.45) is 23.7 Å². The van der Waals surface area contributed by atoms with E-state index in [0.717, 1.165) is 30.0 Å². The molecule has 0 N–H and O–H groups in total. The Morgan fingerprint density at radius 2 is 1.39 bits per heavy atom. The van der Waals surface area contributed by atoms with Crippen LogP contribution < -0.4 is 14.0 Å². The summed E-state index contributed by atoms with van der Waals surface area (Å²) >= 11 is 0. The van der Waals surface area contributed by atoms with Crippen molar-refractivity contribution in [3.05, 3.63) is 194 Å². The minimum atomic E-state index is -0.557. The molecule has 8 aromatic rings. The molecule has 0 radical (unpaired) electrons. The standard InChI is InChI=1S/C55H47N3O2.Pt/c1-4-16-38(17-5-1)45-26-15-27-46(39-18-6-2-7-19-39)55(45)58-37-57(52-28-12-13-29-53(52)58)40-20-14-23-42(34-40)60-43-30-31-48-47-24-10-11-25-49(47)54(50(48)35-43)51-36-44(32-33-56-51)59-41-21-8-3-9-22-41;/h1-9,12-23,26-29,32-33,35-36,43,47-50,54H,10-11,24-25,30-31H2;/q-2;/i1D,2D,4D,5D,6D,7D,16D,17D,18D,19D;. The zero-order valence-corrected chi connectivity index (χ0v) is 35.4. The van der Waals surface area contributed by atoms with Gasteiger partial charge in [-0.15, -0.1) is 12.1 Å². The van der Waals surface area contributed by atoms with Crippen LogP contribution in [0.3, 0.4) is 0 Å². The van der Waals surface area contributed by atoms with Crippen LogP contribution in [0.4, 0.5) is 0 Å². The fourth-order valence-electron chi connectivity index (χ4n) is 10.3. The van der Waals surface area contributed by atoms with E-state index in [0.29, 0.717) is 40.2 Å². The average molecular weight is 987 g/mol. The van der Waals surface area contributed by atoms with Crippen molar-refractivity contribution < 1.29 is 48.8 Å². The molecular formula is C55H47N3O2Pt-2. The number of hydrogen-bond acceptors (Lipinski definition) is 3. The largest absolute Gasteiger partial charge is 0.548 e. The topological polar surface area (TPSA) is 40.2 Å². The van der Waals surface area contributed by atoms with Gasteiger partial charge in [-0.05, 0) is 89.3 Å². The van der Waals surface area contributed by atoms with Gasteiger partial charge in [-0.2, -0.15) is 18.1 Å². The van der Waals surface area contributed by atoms with Gasteiger partial charge in [0.2, 0.25) is 0 Å². The molecule has 61 heavy (non-hydrogen) atoms. The molecule has 2 aromatic heterocycles. The summed E-state index contributed by atoms with van der Waals surface area (Å²) in [5, 5.41) is 0. The third-order valence-corrected chi connectivity index (χ3v) is 12.7. The van der Waals surface area contributed by atoms with E-state index in [4.69, 9.17) is 28.2 Å². The Hall–Kier alpha value is -5.77. The smallest absolute Gasteiger partial charge is 0.268 e. The number of rotatable bonds is 9. The number of nitrogens with zero attached hydrogens (tertiary/aromatic N) is 3. The third-order valence-electron chi connectivity index (χ3n) is 12.7. The normalized spacial score (nSPS) is 24.1. The summed E-state index contributed by atoms with van der Waals surface area (Å²) in [5.41, 5.74) is 3.19. The van der Waals surface area contributed by atoms with Crippen LogP contribution in [0.5, 0.6) is 17.2 Å². The number of para-hydroxylation sites is 4. The molecule has 6 unspecified atom stereocenters. The van der Waals surface area contributed by atoms with Crippen molar-refractivity contribution >= 4 is 11.0 Å². The zero-order chi connectivity index (χ0) is 48.5. The summed E-state index contributed by atoms with van der Waals surface area (Å²) in [6, 6.07) is 30.2. The second kappa shape index (κ2) is 17.3. The first-order valence-corrected chi connectivity index (χ1v) is 20.9. The Balaban J connectivity index is 0.00000582.